The summed E-state index contributed by atoms with van der Waals surface area (Å²) in [4.78, 5) is 29.7. The maximum absolute atomic E-state index is 10.1. The van der Waals surface area contributed by atoms with Crippen LogP contribution in [0.1, 0.15) is 34.1 Å². The van der Waals surface area contributed by atoms with Gasteiger partial charge in [0.05, 0.1) is 0 Å². The van der Waals surface area contributed by atoms with Crippen LogP contribution in [0.25, 0.3) is 0 Å². The summed E-state index contributed by atoms with van der Waals surface area (Å²) in [6.07, 6.45) is 0.580. The van der Waals surface area contributed by atoms with Gasteiger partial charge in [-0.25, -0.2) is 0 Å². The molecular formula is C11H25N3O3. The molecule has 0 spiro atoms. The van der Waals surface area contributed by atoms with Gasteiger partial charge in [0.1, 0.15) is 0 Å². The summed E-state index contributed by atoms with van der Waals surface area (Å²) in [5.41, 5.74) is 0. The number of hydrogen-bond donors (Lipinski definition) is 3. The minimum Gasteiger partial charge on any atom is -0.359 e. The molecule has 0 aliphatic carbocycles. The fourth-order valence-electron chi connectivity index (χ4n) is 0.426. The first-order chi connectivity index (χ1) is 7.85. The topological polar surface area (TPSA) is 87.3 Å². The van der Waals surface area contributed by atoms with Crippen molar-refractivity contribution in [2.45, 2.75) is 34.1 Å². The Bertz CT molecular complexity index is 212. The van der Waals surface area contributed by atoms with E-state index in [2.05, 4.69) is 16.0 Å². The van der Waals surface area contributed by atoms with Crippen LogP contribution in [0.5, 0.6) is 0 Å². The van der Waals surface area contributed by atoms with Gasteiger partial charge < -0.3 is 16.0 Å². The van der Waals surface area contributed by atoms with Crippen molar-refractivity contribution in [3.8, 4) is 0 Å². The molecule has 0 fully saturated rings. The van der Waals surface area contributed by atoms with Gasteiger partial charge in [-0.05, 0) is 6.92 Å². The predicted octanol–water partition coefficient (Wildman–Crippen LogP) is 0.0371. The largest absolute Gasteiger partial charge is 0.359 e. The average Bonchev–Trinajstić information content (AvgIpc) is 2.29. The average molecular weight is 247 g/mol. The third-order valence-corrected chi connectivity index (χ3v) is 1.38. The summed E-state index contributed by atoms with van der Waals surface area (Å²) in [5.74, 6) is 0.137. The van der Waals surface area contributed by atoms with Gasteiger partial charge in [0.25, 0.3) is 0 Å². The minimum atomic E-state index is 0.00463. The third kappa shape index (κ3) is 40.4. The van der Waals surface area contributed by atoms with Gasteiger partial charge in [0.2, 0.25) is 17.7 Å². The molecule has 0 aliphatic heterocycles. The van der Waals surface area contributed by atoms with E-state index in [1.807, 2.05) is 13.8 Å². The molecule has 0 aromatic heterocycles. The van der Waals surface area contributed by atoms with Gasteiger partial charge in [-0.2, -0.15) is 0 Å². The molecule has 0 unspecified atom stereocenters. The number of carbonyl (C=O) groups excluding carboxylic acids is 3. The lowest BCUT2D eigenvalue weighted by molar-refractivity contribution is -0.120. The van der Waals surface area contributed by atoms with E-state index < -0.39 is 0 Å². The van der Waals surface area contributed by atoms with Crippen LogP contribution in [0.2, 0.25) is 0 Å². The van der Waals surface area contributed by atoms with E-state index in [1.54, 1.807) is 14.1 Å². The van der Waals surface area contributed by atoms with Crippen LogP contribution in [0.3, 0.4) is 0 Å². The van der Waals surface area contributed by atoms with Gasteiger partial charge in [-0.1, -0.05) is 6.92 Å². The molecule has 0 radical (unpaired) electrons. The second-order valence-electron chi connectivity index (χ2n) is 2.92. The van der Waals surface area contributed by atoms with E-state index >= 15 is 0 Å². The first kappa shape index (κ1) is 20.8. The number of hydrogen-bond acceptors (Lipinski definition) is 3. The lowest BCUT2D eigenvalue weighted by atomic mass is 10.5. The standard InChI is InChI=1S/2C4H9NO.C3H7NO/c1-3-4(6)5-2;1-3-5-4(2)6;1-3(5)4-2/h2*3H2,1-2H3,(H,5,6);1-2H3,(H,4,5). The molecule has 0 bridgehead atoms. The van der Waals surface area contributed by atoms with Gasteiger partial charge in [0, 0.05) is 40.9 Å². The molecular weight excluding hydrogens is 222 g/mol. The molecule has 0 atom stereocenters. The van der Waals surface area contributed by atoms with Crippen molar-refractivity contribution in [1.82, 2.24) is 16.0 Å². The van der Waals surface area contributed by atoms with Crippen molar-refractivity contribution in [3.63, 3.8) is 0 Å². The van der Waals surface area contributed by atoms with Crippen molar-refractivity contribution in [3.05, 3.63) is 0 Å². The Morgan fingerprint density at radius 2 is 1.29 bits per heavy atom. The van der Waals surface area contributed by atoms with Gasteiger partial charge in [0.15, 0.2) is 0 Å². The zero-order valence-corrected chi connectivity index (χ0v) is 11.6. The summed E-state index contributed by atoms with van der Waals surface area (Å²) in [6, 6.07) is 0. The quantitative estimate of drug-likeness (QED) is 0.643. The number of rotatable bonds is 2. The zero-order valence-electron chi connectivity index (χ0n) is 11.6. The molecule has 6 heteroatoms. The van der Waals surface area contributed by atoms with Crippen molar-refractivity contribution in [1.29, 1.82) is 0 Å². The maximum Gasteiger partial charge on any atom is 0.219 e. The monoisotopic (exact) mass is 247 g/mol. The van der Waals surface area contributed by atoms with Crippen molar-refractivity contribution in [2.24, 2.45) is 0 Å². The van der Waals surface area contributed by atoms with Gasteiger partial charge >= 0.3 is 0 Å². The number of carbonyl (C=O) groups is 3. The van der Waals surface area contributed by atoms with Crippen molar-refractivity contribution >= 4 is 17.7 Å². The molecule has 0 rings (SSSR count). The first-order valence-electron chi connectivity index (χ1n) is 5.48. The molecule has 102 valence electrons. The number of nitrogens with one attached hydrogen (secondary N) is 3. The van der Waals surface area contributed by atoms with Crippen LogP contribution in [0.15, 0.2) is 0 Å². The lowest BCUT2D eigenvalue weighted by Crippen LogP contribution is -2.18. The maximum atomic E-state index is 10.1. The highest BCUT2D eigenvalue weighted by molar-refractivity contribution is 5.75. The third-order valence-electron chi connectivity index (χ3n) is 1.38. The minimum absolute atomic E-state index is 0.00463. The second kappa shape index (κ2) is 16.8. The summed E-state index contributed by atoms with van der Waals surface area (Å²) >= 11 is 0. The van der Waals surface area contributed by atoms with Crippen LogP contribution < -0.4 is 16.0 Å². The van der Waals surface area contributed by atoms with Crippen LogP contribution in [-0.2, 0) is 14.4 Å². The predicted molar refractivity (Wildman–Crippen MR) is 68.5 cm³/mol. The Balaban J connectivity index is -0.000000174. The smallest absolute Gasteiger partial charge is 0.219 e. The molecule has 0 saturated carbocycles. The van der Waals surface area contributed by atoms with E-state index in [1.165, 1.54) is 13.8 Å². The van der Waals surface area contributed by atoms with Crippen molar-refractivity contribution < 1.29 is 14.4 Å². The summed E-state index contributed by atoms with van der Waals surface area (Å²) in [7, 11) is 3.23. The van der Waals surface area contributed by atoms with Crippen LogP contribution >= 0.6 is 0 Å². The summed E-state index contributed by atoms with van der Waals surface area (Å²) in [5, 5.41) is 7.43. The van der Waals surface area contributed by atoms with Gasteiger partial charge in [-0.3, -0.25) is 14.4 Å². The SMILES string of the molecule is CCC(=O)NC.CCNC(C)=O.CNC(C)=O. The van der Waals surface area contributed by atoms with E-state index in [4.69, 9.17) is 0 Å². The van der Waals surface area contributed by atoms with Crippen molar-refractivity contribution in [2.75, 3.05) is 20.6 Å². The first-order valence-corrected chi connectivity index (χ1v) is 5.48. The van der Waals surface area contributed by atoms with E-state index in [0.29, 0.717) is 6.42 Å². The highest BCUT2D eigenvalue weighted by atomic mass is 16.2. The number of amides is 3. The fraction of sp³-hybridized carbons (Fsp3) is 0.727. The summed E-state index contributed by atoms with van der Waals surface area (Å²) in [6.45, 7) is 7.42. The second-order valence-corrected chi connectivity index (χ2v) is 2.92. The van der Waals surface area contributed by atoms with E-state index in [0.717, 1.165) is 6.54 Å². The Morgan fingerprint density at radius 3 is 1.29 bits per heavy atom. The highest BCUT2D eigenvalue weighted by Crippen LogP contribution is 1.68. The molecule has 0 aromatic carbocycles. The van der Waals surface area contributed by atoms with Crippen LogP contribution in [0, 0.1) is 0 Å². The molecule has 0 heterocycles. The van der Waals surface area contributed by atoms with Crippen LogP contribution in [0.4, 0.5) is 0 Å². The molecule has 0 aliphatic rings. The summed E-state index contributed by atoms with van der Waals surface area (Å²) < 4.78 is 0. The molecule has 6 nitrogen and oxygen atoms in total. The van der Waals surface area contributed by atoms with E-state index in [9.17, 15) is 14.4 Å². The molecule has 0 aromatic rings. The Labute approximate surface area is 104 Å². The Kier molecular flexibility index (Phi) is 20.6. The zero-order chi connectivity index (χ0) is 14.3. The Hall–Kier alpha value is -1.59. The highest BCUT2D eigenvalue weighted by Gasteiger charge is 1.84. The fourth-order valence-corrected chi connectivity index (χ4v) is 0.426. The normalized spacial score (nSPS) is 7.41. The lowest BCUT2D eigenvalue weighted by Gasteiger charge is -1.88. The van der Waals surface area contributed by atoms with Gasteiger partial charge in [-0.15, -0.1) is 0 Å². The molecule has 3 amide bonds. The molecule has 3 N–H and O–H groups in total. The van der Waals surface area contributed by atoms with E-state index in [-0.39, 0.29) is 17.7 Å². The van der Waals surface area contributed by atoms with Crippen LogP contribution in [-0.4, -0.2) is 38.4 Å². The molecule has 0 saturated heterocycles. The Morgan fingerprint density at radius 1 is 0.882 bits per heavy atom. The molecule has 17 heavy (non-hydrogen) atoms.